The summed E-state index contributed by atoms with van der Waals surface area (Å²) in [5, 5.41) is 3.27. The van der Waals surface area contributed by atoms with E-state index >= 15 is 0 Å². The second-order valence-corrected chi connectivity index (χ2v) is 7.82. The third-order valence-electron chi connectivity index (χ3n) is 4.68. The van der Waals surface area contributed by atoms with Gasteiger partial charge in [0.05, 0.1) is 12.5 Å². The van der Waals surface area contributed by atoms with Crippen molar-refractivity contribution >= 4 is 11.8 Å². The number of halogens is 1. The van der Waals surface area contributed by atoms with Crippen LogP contribution < -0.4 is 11.1 Å². The normalized spacial score (nSPS) is 19.5. The van der Waals surface area contributed by atoms with Gasteiger partial charge in [-0.2, -0.15) is 0 Å². The van der Waals surface area contributed by atoms with Gasteiger partial charge in [0.1, 0.15) is 5.82 Å². The number of rotatable bonds is 5. The zero-order valence-corrected chi connectivity index (χ0v) is 15.2. The molecule has 0 bridgehead atoms. The van der Waals surface area contributed by atoms with Gasteiger partial charge in [-0.15, -0.1) is 0 Å². The average Bonchev–Trinajstić information content (AvgIpc) is 2.53. The molecule has 0 aliphatic carbocycles. The molecule has 2 rings (SSSR count). The molecule has 1 aliphatic heterocycles. The molecule has 1 aromatic carbocycles. The molecular formula is C19H28FN3O2. The second-order valence-electron chi connectivity index (χ2n) is 7.82. The molecule has 138 valence electrons. The van der Waals surface area contributed by atoms with Crippen LogP contribution in [0.5, 0.6) is 0 Å². The fourth-order valence-corrected chi connectivity index (χ4v) is 3.35. The first-order valence-corrected chi connectivity index (χ1v) is 8.74. The number of nitrogens with two attached hydrogens (primary N) is 1. The summed E-state index contributed by atoms with van der Waals surface area (Å²) in [6, 6.07) is 6.28. The molecule has 0 unspecified atom stereocenters. The summed E-state index contributed by atoms with van der Waals surface area (Å²) >= 11 is 0. The molecule has 25 heavy (non-hydrogen) atoms. The highest BCUT2D eigenvalue weighted by Gasteiger charge is 2.30. The number of primary amides is 1. The second kappa shape index (κ2) is 7.95. The number of hydrogen-bond acceptors (Lipinski definition) is 3. The summed E-state index contributed by atoms with van der Waals surface area (Å²) in [6.07, 6.45) is 1.52. The molecule has 1 saturated heterocycles. The van der Waals surface area contributed by atoms with Crippen molar-refractivity contribution in [2.24, 2.45) is 17.1 Å². The number of nitrogens with one attached hydrogen (secondary N) is 1. The molecule has 3 N–H and O–H groups in total. The zero-order valence-electron chi connectivity index (χ0n) is 15.2. The van der Waals surface area contributed by atoms with Crippen molar-refractivity contribution in [1.29, 1.82) is 0 Å². The van der Waals surface area contributed by atoms with Gasteiger partial charge in [0.25, 0.3) is 0 Å². The van der Waals surface area contributed by atoms with Crippen molar-refractivity contribution < 1.29 is 14.0 Å². The quantitative estimate of drug-likeness (QED) is 0.856. The van der Waals surface area contributed by atoms with Gasteiger partial charge in [0.15, 0.2) is 0 Å². The van der Waals surface area contributed by atoms with E-state index in [0.29, 0.717) is 13.1 Å². The van der Waals surface area contributed by atoms with E-state index in [1.165, 1.54) is 12.1 Å². The van der Waals surface area contributed by atoms with E-state index in [9.17, 15) is 14.0 Å². The highest BCUT2D eigenvalue weighted by molar-refractivity contribution is 5.81. The first-order chi connectivity index (χ1) is 11.7. The molecule has 0 radical (unpaired) electrons. The smallest absolute Gasteiger partial charge is 0.236 e. The third kappa shape index (κ3) is 5.26. The number of carbonyl (C=O) groups excluding carboxylic acids is 2. The zero-order chi connectivity index (χ0) is 18.6. The Labute approximate surface area is 148 Å². The van der Waals surface area contributed by atoms with Crippen LogP contribution in [0.25, 0.3) is 0 Å². The van der Waals surface area contributed by atoms with Crippen LogP contribution in [0.15, 0.2) is 24.3 Å². The molecule has 0 aromatic heterocycles. The van der Waals surface area contributed by atoms with Gasteiger partial charge in [-0.05, 0) is 36.0 Å². The summed E-state index contributed by atoms with van der Waals surface area (Å²) < 4.78 is 13.6. The topological polar surface area (TPSA) is 75.4 Å². The van der Waals surface area contributed by atoms with E-state index in [4.69, 9.17) is 5.73 Å². The summed E-state index contributed by atoms with van der Waals surface area (Å²) in [5.41, 5.74) is 6.00. The van der Waals surface area contributed by atoms with Gasteiger partial charge in [-0.3, -0.25) is 9.59 Å². The van der Waals surface area contributed by atoms with Crippen LogP contribution in [0.1, 0.15) is 45.2 Å². The Kier molecular flexibility index (Phi) is 6.16. The molecule has 1 heterocycles. The van der Waals surface area contributed by atoms with Gasteiger partial charge >= 0.3 is 0 Å². The SMILES string of the molecule is CC(C)(C)[C@H](NCC(=O)N1CCC[C@@H](C(N)=O)C1)c1cccc(F)c1. The molecular weight excluding hydrogens is 321 g/mol. The summed E-state index contributed by atoms with van der Waals surface area (Å²) in [5.74, 6) is -0.964. The Morgan fingerprint density at radius 3 is 2.72 bits per heavy atom. The van der Waals surface area contributed by atoms with Crippen molar-refractivity contribution in [3.8, 4) is 0 Å². The maximum absolute atomic E-state index is 13.6. The van der Waals surface area contributed by atoms with Gasteiger partial charge in [-0.1, -0.05) is 32.9 Å². The van der Waals surface area contributed by atoms with E-state index < -0.39 is 0 Å². The summed E-state index contributed by atoms with van der Waals surface area (Å²) in [7, 11) is 0. The molecule has 2 amide bonds. The first-order valence-electron chi connectivity index (χ1n) is 8.74. The highest BCUT2D eigenvalue weighted by Crippen LogP contribution is 2.32. The maximum atomic E-state index is 13.6. The van der Waals surface area contributed by atoms with Gasteiger partial charge in [0, 0.05) is 19.1 Å². The van der Waals surface area contributed by atoms with Crippen LogP contribution in [-0.2, 0) is 9.59 Å². The Bertz CT molecular complexity index is 627. The molecule has 5 nitrogen and oxygen atoms in total. The van der Waals surface area contributed by atoms with E-state index in [1.807, 2.05) is 26.8 Å². The molecule has 0 spiro atoms. The number of carbonyl (C=O) groups is 2. The number of nitrogens with zero attached hydrogens (tertiary/aromatic N) is 1. The molecule has 1 aromatic rings. The average molecular weight is 349 g/mol. The molecule has 1 aliphatic rings. The minimum atomic E-state index is -0.349. The lowest BCUT2D eigenvalue weighted by atomic mass is 9.82. The van der Waals surface area contributed by atoms with Crippen LogP contribution >= 0.6 is 0 Å². The van der Waals surface area contributed by atoms with Crippen LogP contribution in [-0.4, -0.2) is 36.3 Å². The van der Waals surface area contributed by atoms with Gasteiger partial charge in [0.2, 0.25) is 11.8 Å². The third-order valence-corrected chi connectivity index (χ3v) is 4.68. The van der Waals surface area contributed by atoms with Crippen LogP contribution in [0.2, 0.25) is 0 Å². The number of amides is 2. The predicted molar refractivity (Wildman–Crippen MR) is 95.1 cm³/mol. The first kappa shape index (κ1) is 19.4. The number of likely N-dealkylation sites (tertiary alicyclic amines) is 1. The molecule has 0 saturated carbocycles. The lowest BCUT2D eigenvalue weighted by Crippen LogP contribution is -2.48. The Morgan fingerprint density at radius 1 is 1.40 bits per heavy atom. The standard InChI is InChI=1S/C19H28FN3O2/c1-19(2,3)17(13-6-4-8-15(20)10-13)22-11-16(24)23-9-5-7-14(12-23)18(21)25/h4,6,8,10,14,17,22H,5,7,9,11-12H2,1-3H3,(H2,21,25)/t14-,17-/m1/s1. The van der Waals surface area contributed by atoms with Crippen molar-refractivity contribution in [3.05, 3.63) is 35.6 Å². The van der Waals surface area contributed by atoms with Crippen molar-refractivity contribution in [1.82, 2.24) is 10.2 Å². The number of benzene rings is 1. The minimum absolute atomic E-state index is 0.0587. The fraction of sp³-hybridized carbons (Fsp3) is 0.579. The van der Waals surface area contributed by atoms with E-state index in [2.05, 4.69) is 5.32 Å². The van der Waals surface area contributed by atoms with Crippen molar-refractivity contribution in [3.63, 3.8) is 0 Å². The van der Waals surface area contributed by atoms with Crippen LogP contribution in [0.3, 0.4) is 0 Å². The lowest BCUT2D eigenvalue weighted by molar-refractivity contribution is -0.134. The van der Waals surface area contributed by atoms with Gasteiger partial charge in [-0.25, -0.2) is 4.39 Å². The number of piperidine rings is 1. The Balaban J connectivity index is 2.03. The van der Waals surface area contributed by atoms with E-state index in [-0.39, 0.29) is 41.6 Å². The maximum Gasteiger partial charge on any atom is 0.236 e. The van der Waals surface area contributed by atoms with E-state index in [0.717, 1.165) is 18.4 Å². The number of hydrogen-bond donors (Lipinski definition) is 2. The largest absolute Gasteiger partial charge is 0.369 e. The Hall–Kier alpha value is -1.95. The van der Waals surface area contributed by atoms with Crippen LogP contribution in [0.4, 0.5) is 4.39 Å². The van der Waals surface area contributed by atoms with E-state index in [1.54, 1.807) is 11.0 Å². The monoisotopic (exact) mass is 349 g/mol. The highest BCUT2D eigenvalue weighted by atomic mass is 19.1. The Morgan fingerprint density at radius 2 is 2.12 bits per heavy atom. The molecule has 1 fully saturated rings. The predicted octanol–water partition coefficient (Wildman–Crippen LogP) is 2.23. The van der Waals surface area contributed by atoms with Crippen LogP contribution in [0, 0.1) is 17.2 Å². The van der Waals surface area contributed by atoms with Crippen molar-refractivity contribution in [2.45, 2.75) is 39.7 Å². The fourth-order valence-electron chi connectivity index (χ4n) is 3.35. The minimum Gasteiger partial charge on any atom is -0.369 e. The van der Waals surface area contributed by atoms with Gasteiger partial charge < -0.3 is 16.0 Å². The summed E-state index contributed by atoms with van der Waals surface area (Å²) in [6.45, 7) is 7.31. The van der Waals surface area contributed by atoms with Crippen molar-refractivity contribution in [2.75, 3.05) is 19.6 Å². The summed E-state index contributed by atoms with van der Waals surface area (Å²) in [4.78, 5) is 25.6. The molecule has 6 heteroatoms. The lowest BCUT2D eigenvalue weighted by Gasteiger charge is -2.34. The molecule has 2 atom stereocenters.